The molecule has 10 heteroatoms. The third-order valence-corrected chi connectivity index (χ3v) is 2.89. The predicted molar refractivity (Wildman–Crippen MR) is 68.2 cm³/mol. The molecule has 1 heterocycles. The van der Waals surface area contributed by atoms with Gasteiger partial charge in [-0.15, -0.1) is 0 Å². The van der Waals surface area contributed by atoms with Gasteiger partial charge in [-0.25, -0.2) is 4.98 Å². The van der Waals surface area contributed by atoms with Crippen LogP contribution in [0.15, 0.2) is 41.1 Å². The number of benzene rings is 1. The summed E-state index contributed by atoms with van der Waals surface area (Å²) in [6, 6.07) is 6.25. The van der Waals surface area contributed by atoms with Crippen molar-refractivity contribution in [1.29, 1.82) is 0 Å². The minimum absolute atomic E-state index is 0.371. The van der Waals surface area contributed by atoms with Crippen LogP contribution in [0.5, 0.6) is 0 Å². The molecule has 116 valence electrons. The molecule has 0 atom stereocenters. The molecule has 0 aliphatic rings. The Morgan fingerprint density at radius 2 is 1.81 bits per heavy atom. The molecule has 2 rings (SSSR count). The summed E-state index contributed by atoms with van der Waals surface area (Å²) in [6.45, 7) is 0. The van der Waals surface area contributed by atoms with Crippen LogP contribution in [0.25, 0.3) is 0 Å². The van der Waals surface area contributed by atoms with Gasteiger partial charge in [0.25, 0.3) is 10.1 Å². The molecule has 1 aromatic heterocycles. The van der Waals surface area contributed by atoms with E-state index in [9.17, 15) is 21.6 Å². The highest BCUT2D eigenvalue weighted by Crippen LogP contribution is 2.26. The molecule has 5 nitrogen and oxygen atoms in total. The van der Waals surface area contributed by atoms with Crippen molar-refractivity contribution < 1.29 is 30.6 Å². The fourth-order valence-electron chi connectivity index (χ4n) is 1.15. The fraction of sp³-hybridized carbons (Fsp3) is 0.182. The minimum atomic E-state index is -4.45. The van der Waals surface area contributed by atoms with Crippen molar-refractivity contribution in [3.8, 4) is 0 Å². The van der Waals surface area contributed by atoms with E-state index in [-0.39, 0.29) is 5.75 Å². The lowest BCUT2D eigenvalue weighted by molar-refractivity contribution is -0.157. The lowest BCUT2D eigenvalue weighted by atomic mass is 10.2. The van der Waals surface area contributed by atoms with Gasteiger partial charge >= 0.3 is 12.1 Å². The summed E-state index contributed by atoms with van der Waals surface area (Å²) in [5.41, 5.74) is 0.516. The molecule has 0 aliphatic carbocycles. The quantitative estimate of drug-likeness (QED) is 0.845. The van der Waals surface area contributed by atoms with Crippen molar-refractivity contribution in [2.45, 2.75) is 11.9 Å². The van der Waals surface area contributed by atoms with Crippen molar-refractivity contribution in [2.75, 3.05) is 0 Å². The van der Waals surface area contributed by atoms with E-state index >= 15 is 0 Å². The Kier molecular flexibility index (Phi) is 5.76. The third kappa shape index (κ3) is 7.11. The average Bonchev–Trinajstić information content (AvgIpc) is 2.84. The van der Waals surface area contributed by atoms with Crippen LogP contribution in [0.1, 0.15) is 11.5 Å². The molecule has 0 saturated heterocycles. The van der Waals surface area contributed by atoms with Gasteiger partial charge in [0.1, 0.15) is 12.0 Å². The van der Waals surface area contributed by atoms with Gasteiger partial charge in [0.15, 0.2) is 0 Å². The first-order valence-corrected chi connectivity index (χ1v) is 7.23. The Bertz CT molecular complexity index is 654. The van der Waals surface area contributed by atoms with E-state index in [1.54, 1.807) is 24.3 Å². The van der Waals surface area contributed by atoms with Gasteiger partial charge in [0.05, 0.1) is 6.20 Å². The van der Waals surface area contributed by atoms with E-state index in [1.807, 2.05) is 0 Å². The second kappa shape index (κ2) is 6.92. The van der Waals surface area contributed by atoms with E-state index in [0.717, 1.165) is 12.5 Å². The number of rotatable bonds is 2. The molecular formula is C11H9ClF3NO4S. The Labute approximate surface area is 123 Å². The summed E-state index contributed by atoms with van der Waals surface area (Å²) >= 11 is 5.57. The maximum absolute atomic E-state index is 11.5. The Morgan fingerprint density at radius 3 is 2.14 bits per heavy atom. The summed E-state index contributed by atoms with van der Waals surface area (Å²) in [5, 5.41) is 0.536. The summed E-state index contributed by atoms with van der Waals surface area (Å²) in [4.78, 5) is 2.90. The number of hydrogen-bond acceptors (Lipinski definition) is 4. The Hall–Kier alpha value is -1.58. The van der Waals surface area contributed by atoms with Crippen molar-refractivity contribution in [2.24, 2.45) is 0 Å². The first kappa shape index (κ1) is 17.5. The molecule has 21 heavy (non-hydrogen) atoms. The third-order valence-electron chi connectivity index (χ3n) is 1.94. The maximum Gasteiger partial charge on any atom is 0.468 e. The van der Waals surface area contributed by atoms with Gasteiger partial charge in [-0.05, 0) is 17.7 Å². The zero-order valence-corrected chi connectivity index (χ0v) is 11.8. The van der Waals surface area contributed by atoms with Crippen LogP contribution in [0, 0.1) is 0 Å². The molecule has 0 radical (unpaired) electrons. The largest absolute Gasteiger partial charge is 0.468 e. The molecule has 0 bridgehead atoms. The van der Waals surface area contributed by atoms with Crippen molar-refractivity contribution >= 4 is 21.7 Å². The summed E-state index contributed by atoms with van der Waals surface area (Å²) < 4.78 is 67.7. The van der Waals surface area contributed by atoms with Crippen molar-refractivity contribution in [3.63, 3.8) is 0 Å². The van der Waals surface area contributed by atoms with Crippen LogP contribution in [0.4, 0.5) is 13.2 Å². The summed E-state index contributed by atoms with van der Waals surface area (Å²) in [5.74, 6) is -1.58. The summed E-state index contributed by atoms with van der Waals surface area (Å²) in [7, 11) is -3.93. The van der Waals surface area contributed by atoms with Gasteiger partial charge < -0.3 is 4.42 Å². The standard InChI is InChI=1S/C7H7ClO3S.C4H2F3NO/c8-7-3-1-6(2-4-7)5-12(9,10)11;5-4(6,7)3-8-1-2-9-3/h1-4H,5H2,(H,9,10,11);1-2H. The topological polar surface area (TPSA) is 80.4 Å². The average molecular weight is 344 g/mol. The van der Waals surface area contributed by atoms with Gasteiger partial charge in [-0.2, -0.15) is 21.6 Å². The first-order valence-electron chi connectivity index (χ1n) is 5.24. The lowest BCUT2D eigenvalue weighted by Gasteiger charge is -1.97. The second-order valence-electron chi connectivity index (χ2n) is 3.69. The smallest absolute Gasteiger partial charge is 0.441 e. The molecule has 0 saturated carbocycles. The molecule has 0 unspecified atom stereocenters. The van der Waals surface area contributed by atoms with Crippen molar-refractivity contribution in [1.82, 2.24) is 4.98 Å². The molecule has 0 aliphatic heterocycles. The molecule has 0 amide bonds. The highest BCUT2D eigenvalue weighted by molar-refractivity contribution is 7.85. The number of hydrogen-bond donors (Lipinski definition) is 1. The van der Waals surface area contributed by atoms with Crippen LogP contribution in [0.2, 0.25) is 5.02 Å². The molecule has 1 aromatic carbocycles. The summed E-state index contributed by atoms with van der Waals surface area (Å²) in [6.07, 6.45) is -2.63. The number of nitrogens with zero attached hydrogens (tertiary/aromatic N) is 1. The number of aromatic nitrogens is 1. The van der Waals surface area contributed by atoms with Crippen molar-refractivity contribution in [3.05, 3.63) is 53.2 Å². The normalized spacial score (nSPS) is 11.7. The van der Waals surface area contributed by atoms with E-state index in [4.69, 9.17) is 16.2 Å². The van der Waals surface area contributed by atoms with Crippen LogP contribution in [-0.4, -0.2) is 18.0 Å². The van der Waals surface area contributed by atoms with Crippen LogP contribution >= 0.6 is 11.6 Å². The van der Waals surface area contributed by atoms with E-state index < -0.39 is 22.2 Å². The number of oxazole rings is 1. The Balaban J connectivity index is 0.000000219. The minimum Gasteiger partial charge on any atom is -0.441 e. The zero-order chi connectivity index (χ0) is 16.1. The van der Waals surface area contributed by atoms with Crippen LogP contribution < -0.4 is 0 Å². The Morgan fingerprint density at radius 1 is 1.24 bits per heavy atom. The van der Waals surface area contributed by atoms with Gasteiger partial charge in [0, 0.05) is 5.02 Å². The second-order valence-corrected chi connectivity index (χ2v) is 5.58. The van der Waals surface area contributed by atoms with Gasteiger partial charge in [0.2, 0.25) is 0 Å². The van der Waals surface area contributed by atoms with Gasteiger partial charge in [-0.3, -0.25) is 4.55 Å². The molecule has 1 N–H and O–H groups in total. The SMILES string of the molecule is FC(F)(F)c1ncco1.O=S(=O)(O)Cc1ccc(Cl)cc1. The fourth-order valence-corrected chi connectivity index (χ4v) is 1.89. The van der Waals surface area contributed by atoms with E-state index in [2.05, 4.69) is 9.40 Å². The molecular weight excluding hydrogens is 335 g/mol. The number of halogens is 4. The zero-order valence-electron chi connectivity index (χ0n) is 10.2. The van der Waals surface area contributed by atoms with E-state index in [0.29, 0.717) is 10.6 Å². The molecule has 0 fully saturated rings. The van der Waals surface area contributed by atoms with Crippen LogP contribution in [0.3, 0.4) is 0 Å². The van der Waals surface area contributed by atoms with Crippen LogP contribution in [-0.2, 0) is 22.0 Å². The molecule has 2 aromatic rings. The van der Waals surface area contributed by atoms with Gasteiger partial charge in [-0.1, -0.05) is 23.7 Å². The number of alkyl halides is 3. The first-order chi connectivity index (χ1) is 9.58. The maximum atomic E-state index is 11.5. The highest BCUT2D eigenvalue weighted by Gasteiger charge is 2.36. The predicted octanol–water partition coefficient (Wildman–Crippen LogP) is 3.42. The van der Waals surface area contributed by atoms with E-state index in [1.165, 1.54) is 0 Å². The monoisotopic (exact) mass is 343 g/mol. The molecule has 0 spiro atoms. The highest BCUT2D eigenvalue weighted by atomic mass is 35.5. The lowest BCUT2D eigenvalue weighted by Crippen LogP contribution is -2.04.